The van der Waals surface area contributed by atoms with Crippen LogP contribution in [0.2, 0.25) is 0 Å². The molecule has 1 N–H and O–H groups in total. The maximum absolute atomic E-state index is 4.54. The molecule has 0 saturated carbocycles. The Morgan fingerprint density at radius 2 is 1.87 bits per heavy atom. The van der Waals surface area contributed by atoms with Crippen LogP contribution in [0.15, 0.2) is 42.9 Å². The standard InChI is InChI=1S/C17H20N6/c1-21-7-9-22(10-8-21)16-15-11-20-23(17(15)19-13-18-16)12-14-5-3-2-4-6-14/h2-6,11,13H,7-10,12H2,1H3/p+1. The van der Waals surface area contributed by atoms with Gasteiger partial charge in [-0.1, -0.05) is 30.3 Å². The molecule has 1 aliphatic rings. The van der Waals surface area contributed by atoms with Crippen molar-refractivity contribution in [3.05, 3.63) is 48.4 Å². The fraction of sp³-hybridized carbons (Fsp3) is 0.353. The number of piperazine rings is 1. The summed E-state index contributed by atoms with van der Waals surface area (Å²) in [6.07, 6.45) is 3.56. The minimum atomic E-state index is 0.730. The summed E-state index contributed by atoms with van der Waals surface area (Å²) >= 11 is 0. The lowest BCUT2D eigenvalue weighted by Crippen LogP contribution is -3.12. The smallest absolute Gasteiger partial charge is 0.163 e. The number of hydrogen-bond acceptors (Lipinski definition) is 4. The second-order valence-corrected chi connectivity index (χ2v) is 6.17. The second kappa shape index (κ2) is 5.96. The van der Waals surface area contributed by atoms with Crippen molar-refractivity contribution in [2.75, 3.05) is 38.1 Å². The Morgan fingerprint density at radius 3 is 2.65 bits per heavy atom. The number of rotatable bonds is 3. The molecular weight excluding hydrogens is 288 g/mol. The molecule has 0 atom stereocenters. The van der Waals surface area contributed by atoms with Crippen molar-refractivity contribution in [3.8, 4) is 0 Å². The number of likely N-dealkylation sites (N-methyl/N-ethyl adjacent to an activating group) is 1. The fourth-order valence-corrected chi connectivity index (χ4v) is 3.10. The Balaban J connectivity index is 1.66. The number of fused-ring (bicyclic) bond motifs is 1. The fourth-order valence-electron chi connectivity index (χ4n) is 3.10. The van der Waals surface area contributed by atoms with E-state index in [4.69, 9.17) is 0 Å². The number of anilines is 1. The Labute approximate surface area is 135 Å². The van der Waals surface area contributed by atoms with Crippen molar-refractivity contribution in [1.29, 1.82) is 0 Å². The van der Waals surface area contributed by atoms with Gasteiger partial charge in [0.15, 0.2) is 5.65 Å². The third-order valence-corrected chi connectivity index (χ3v) is 4.50. The summed E-state index contributed by atoms with van der Waals surface area (Å²) in [5.41, 5.74) is 2.13. The molecule has 3 heterocycles. The summed E-state index contributed by atoms with van der Waals surface area (Å²) in [6, 6.07) is 10.3. The van der Waals surface area contributed by atoms with Crippen LogP contribution in [0.3, 0.4) is 0 Å². The van der Waals surface area contributed by atoms with Crippen LogP contribution < -0.4 is 9.80 Å². The molecule has 0 aliphatic carbocycles. The van der Waals surface area contributed by atoms with E-state index >= 15 is 0 Å². The summed E-state index contributed by atoms with van der Waals surface area (Å²) in [6.45, 7) is 5.07. The zero-order chi connectivity index (χ0) is 15.6. The number of nitrogens with zero attached hydrogens (tertiary/aromatic N) is 5. The summed E-state index contributed by atoms with van der Waals surface area (Å²) in [7, 11) is 2.24. The van der Waals surface area contributed by atoms with Gasteiger partial charge in [0.05, 0.1) is 51.4 Å². The maximum Gasteiger partial charge on any atom is 0.163 e. The molecule has 0 amide bonds. The molecule has 2 aromatic heterocycles. The van der Waals surface area contributed by atoms with E-state index < -0.39 is 0 Å². The van der Waals surface area contributed by atoms with Crippen LogP contribution in [-0.2, 0) is 6.54 Å². The largest absolute Gasteiger partial charge is 0.345 e. The number of aromatic nitrogens is 4. The third kappa shape index (κ3) is 2.77. The Bertz CT molecular complexity index is 789. The molecule has 1 aliphatic heterocycles. The van der Waals surface area contributed by atoms with Gasteiger partial charge in [-0.05, 0) is 5.56 Å². The van der Waals surface area contributed by atoms with Gasteiger partial charge in [-0.15, -0.1) is 0 Å². The summed E-state index contributed by atoms with van der Waals surface area (Å²) in [4.78, 5) is 12.9. The van der Waals surface area contributed by atoms with Crippen molar-refractivity contribution >= 4 is 16.9 Å². The molecule has 0 radical (unpaired) electrons. The van der Waals surface area contributed by atoms with Crippen LogP contribution >= 0.6 is 0 Å². The molecule has 3 aromatic rings. The molecule has 4 rings (SSSR count). The van der Waals surface area contributed by atoms with Gasteiger partial charge in [-0.2, -0.15) is 5.10 Å². The van der Waals surface area contributed by atoms with Gasteiger partial charge < -0.3 is 9.80 Å². The lowest BCUT2D eigenvalue weighted by Gasteiger charge is -2.30. The van der Waals surface area contributed by atoms with E-state index in [9.17, 15) is 0 Å². The molecule has 0 unspecified atom stereocenters. The van der Waals surface area contributed by atoms with Crippen LogP contribution in [0.5, 0.6) is 0 Å². The highest BCUT2D eigenvalue weighted by Crippen LogP contribution is 2.23. The molecular formula is C17H21N6+. The maximum atomic E-state index is 4.54. The number of nitrogens with one attached hydrogen (secondary N) is 1. The van der Waals surface area contributed by atoms with Crippen LogP contribution in [0.25, 0.3) is 11.0 Å². The predicted molar refractivity (Wildman–Crippen MR) is 89.7 cm³/mol. The molecule has 6 nitrogen and oxygen atoms in total. The van der Waals surface area contributed by atoms with E-state index in [1.54, 1.807) is 11.2 Å². The first kappa shape index (κ1) is 14.1. The first-order valence-corrected chi connectivity index (χ1v) is 8.08. The molecule has 6 heteroatoms. The van der Waals surface area contributed by atoms with Crippen molar-refractivity contribution in [2.45, 2.75) is 6.54 Å². The van der Waals surface area contributed by atoms with Gasteiger partial charge in [0, 0.05) is 0 Å². The van der Waals surface area contributed by atoms with Gasteiger partial charge in [0.2, 0.25) is 0 Å². The van der Waals surface area contributed by atoms with E-state index in [0.29, 0.717) is 0 Å². The van der Waals surface area contributed by atoms with Gasteiger partial charge in [0.1, 0.15) is 12.1 Å². The zero-order valence-corrected chi connectivity index (χ0v) is 13.3. The summed E-state index contributed by atoms with van der Waals surface area (Å²) < 4.78 is 1.96. The minimum absolute atomic E-state index is 0.730. The first-order valence-electron chi connectivity index (χ1n) is 8.08. The van der Waals surface area contributed by atoms with Crippen LogP contribution in [-0.4, -0.2) is 53.0 Å². The van der Waals surface area contributed by atoms with Gasteiger partial charge in [0.25, 0.3) is 0 Å². The molecule has 0 bridgehead atoms. The van der Waals surface area contributed by atoms with Gasteiger partial charge in [-0.25, -0.2) is 14.6 Å². The SMILES string of the molecule is C[NH+]1CCN(c2ncnc3c2cnn3Cc2ccccc2)CC1. The molecule has 1 aromatic carbocycles. The lowest BCUT2D eigenvalue weighted by molar-refractivity contribution is -0.880. The number of quaternary nitrogens is 1. The van der Waals surface area contributed by atoms with Crippen molar-refractivity contribution in [3.63, 3.8) is 0 Å². The Kier molecular flexibility index (Phi) is 3.67. The second-order valence-electron chi connectivity index (χ2n) is 6.17. The van der Waals surface area contributed by atoms with E-state index in [1.165, 1.54) is 5.56 Å². The lowest BCUT2D eigenvalue weighted by atomic mass is 10.2. The normalized spacial score (nSPS) is 16.1. The highest BCUT2D eigenvalue weighted by atomic mass is 15.3. The van der Waals surface area contributed by atoms with E-state index in [-0.39, 0.29) is 0 Å². The van der Waals surface area contributed by atoms with E-state index in [1.807, 2.05) is 29.1 Å². The predicted octanol–water partition coefficient (Wildman–Crippen LogP) is 0.209. The third-order valence-electron chi connectivity index (χ3n) is 4.50. The Hall–Kier alpha value is -2.47. The van der Waals surface area contributed by atoms with Crippen LogP contribution in [0, 0.1) is 0 Å². The quantitative estimate of drug-likeness (QED) is 0.751. The highest BCUT2D eigenvalue weighted by Gasteiger charge is 2.21. The van der Waals surface area contributed by atoms with Crippen molar-refractivity contribution in [2.24, 2.45) is 0 Å². The van der Waals surface area contributed by atoms with E-state index in [0.717, 1.165) is 49.6 Å². The molecule has 1 fully saturated rings. The van der Waals surface area contributed by atoms with Crippen molar-refractivity contribution < 1.29 is 4.90 Å². The van der Waals surface area contributed by atoms with Crippen LogP contribution in [0.4, 0.5) is 5.82 Å². The molecule has 23 heavy (non-hydrogen) atoms. The highest BCUT2D eigenvalue weighted by molar-refractivity contribution is 5.86. The average molecular weight is 309 g/mol. The summed E-state index contributed by atoms with van der Waals surface area (Å²) in [5.74, 6) is 1.02. The monoisotopic (exact) mass is 309 g/mol. The van der Waals surface area contributed by atoms with Gasteiger partial charge in [-0.3, -0.25) is 0 Å². The minimum Gasteiger partial charge on any atom is -0.345 e. The first-order chi connectivity index (χ1) is 11.3. The average Bonchev–Trinajstić information content (AvgIpc) is 3.00. The summed E-state index contributed by atoms with van der Waals surface area (Å²) in [5, 5.41) is 5.59. The van der Waals surface area contributed by atoms with Crippen molar-refractivity contribution in [1.82, 2.24) is 19.7 Å². The number of hydrogen-bond donors (Lipinski definition) is 1. The molecule has 0 spiro atoms. The number of benzene rings is 1. The molecule has 1 saturated heterocycles. The van der Waals surface area contributed by atoms with Crippen LogP contribution in [0.1, 0.15) is 5.56 Å². The Morgan fingerprint density at radius 1 is 1.09 bits per heavy atom. The topological polar surface area (TPSA) is 51.3 Å². The zero-order valence-electron chi connectivity index (χ0n) is 13.3. The van der Waals surface area contributed by atoms with Gasteiger partial charge >= 0.3 is 0 Å². The van der Waals surface area contributed by atoms with E-state index in [2.05, 4.69) is 39.1 Å². The molecule has 118 valence electrons.